The van der Waals surface area contributed by atoms with Crippen molar-refractivity contribution in [3.05, 3.63) is 35.9 Å². The summed E-state index contributed by atoms with van der Waals surface area (Å²) in [6.07, 6.45) is 1.04. The van der Waals surface area contributed by atoms with Crippen LogP contribution in [0.2, 0.25) is 0 Å². The van der Waals surface area contributed by atoms with E-state index in [2.05, 4.69) is 14.0 Å². The number of rotatable bonds is 2. The molecule has 0 aliphatic carbocycles. The van der Waals surface area contributed by atoms with Crippen LogP contribution in [0.1, 0.15) is 23.7 Å². The summed E-state index contributed by atoms with van der Waals surface area (Å²) >= 11 is 0. The van der Waals surface area contributed by atoms with E-state index in [9.17, 15) is 4.79 Å². The average Bonchev–Trinajstić information content (AvgIpc) is 2.34. The standard InChI is InChI=1S/C14H19NO2/c1-11-10-15(2)9-8-13(11)17-14(16)12-6-4-3-5-7-12/h3-7,11,13H,8-10H2,1-2H3/p+1/t11-,13-/m0/s1. The van der Waals surface area contributed by atoms with Gasteiger partial charge in [-0.3, -0.25) is 0 Å². The number of quaternary nitrogens is 1. The summed E-state index contributed by atoms with van der Waals surface area (Å²) in [5, 5.41) is 0. The first-order valence-corrected chi connectivity index (χ1v) is 6.24. The molecule has 0 radical (unpaired) electrons. The van der Waals surface area contributed by atoms with Gasteiger partial charge in [0.1, 0.15) is 6.10 Å². The molecule has 0 amide bonds. The van der Waals surface area contributed by atoms with Gasteiger partial charge in [-0.05, 0) is 12.1 Å². The van der Waals surface area contributed by atoms with E-state index in [0.717, 1.165) is 19.5 Å². The van der Waals surface area contributed by atoms with E-state index in [0.29, 0.717) is 11.5 Å². The van der Waals surface area contributed by atoms with Gasteiger partial charge in [0.25, 0.3) is 0 Å². The highest BCUT2D eigenvalue weighted by molar-refractivity contribution is 5.89. The van der Waals surface area contributed by atoms with Crippen molar-refractivity contribution in [1.82, 2.24) is 0 Å². The van der Waals surface area contributed by atoms with E-state index < -0.39 is 0 Å². The molecule has 3 heteroatoms. The van der Waals surface area contributed by atoms with Crippen LogP contribution < -0.4 is 4.90 Å². The minimum atomic E-state index is -0.193. The van der Waals surface area contributed by atoms with Crippen LogP contribution in [0.5, 0.6) is 0 Å². The number of esters is 1. The second-order valence-electron chi connectivity index (χ2n) is 4.99. The number of hydrogen-bond acceptors (Lipinski definition) is 2. The highest BCUT2D eigenvalue weighted by Gasteiger charge is 2.30. The van der Waals surface area contributed by atoms with Crippen molar-refractivity contribution in [2.24, 2.45) is 5.92 Å². The molecule has 1 aromatic rings. The van der Waals surface area contributed by atoms with Crippen LogP contribution in [0, 0.1) is 5.92 Å². The molecule has 0 spiro atoms. The molecule has 3 atom stereocenters. The summed E-state index contributed by atoms with van der Waals surface area (Å²) in [7, 11) is 2.19. The smallest absolute Gasteiger partial charge is 0.338 e. The van der Waals surface area contributed by atoms with Crippen molar-refractivity contribution in [3.63, 3.8) is 0 Å². The predicted molar refractivity (Wildman–Crippen MR) is 66.0 cm³/mol. The summed E-state index contributed by atoms with van der Waals surface area (Å²) in [5.74, 6) is 0.249. The van der Waals surface area contributed by atoms with E-state index in [1.807, 2.05) is 18.2 Å². The second-order valence-corrected chi connectivity index (χ2v) is 4.99. The van der Waals surface area contributed by atoms with E-state index in [-0.39, 0.29) is 12.1 Å². The quantitative estimate of drug-likeness (QED) is 0.766. The molecule has 1 saturated heterocycles. The average molecular weight is 234 g/mol. The van der Waals surface area contributed by atoms with Crippen LogP contribution in [0.4, 0.5) is 0 Å². The lowest BCUT2D eigenvalue weighted by Gasteiger charge is -2.31. The Morgan fingerprint density at radius 1 is 1.35 bits per heavy atom. The summed E-state index contributed by atoms with van der Waals surface area (Å²) in [6.45, 7) is 4.31. The molecule has 1 N–H and O–H groups in total. The highest BCUT2D eigenvalue weighted by atomic mass is 16.5. The fourth-order valence-electron chi connectivity index (χ4n) is 2.41. The molecular formula is C14H20NO2+. The molecular weight excluding hydrogens is 214 g/mol. The molecule has 2 rings (SSSR count). The van der Waals surface area contributed by atoms with Gasteiger partial charge in [-0.25, -0.2) is 4.79 Å². The minimum absolute atomic E-state index is 0.0754. The lowest BCUT2D eigenvalue weighted by Crippen LogP contribution is -3.11. The molecule has 3 nitrogen and oxygen atoms in total. The summed E-state index contributed by atoms with van der Waals surface area (Å²) in [6, 6.07) is 9.22. The van der Waals surface area contributed by atoms with Gasteiger partial charge in [-0.15, -0.1) is 0 Å². The maximum atomic E-state index is 11.9. The van der Waals surface area contributed by atoms with Gasteiger partial charge in [0.15, 0.2) is 0 Å². The van der Waals surface area contributed by atoms with Gasteiger partial charge in [0.2, 0.25) is 0 Å². The monoisotopic (exact) mass is 234 g/mol. The molecule has 0 aromatic heterocycles. The number of hydrogen-bond donors (Lipinski definition) is 1. The Morgan fingerprint density at radius 3 is 2.71 bits per heavy atom. The fourth-order valence-corrected chi connectivity index (χ4v) is 2.41. The van der Waals surface area contributed by atoms with Crippen molar-refractivity contribution < 1.29 is 14.4 Å². The van der Waals surface area contributed by atoms with Crippen LogP contribution >= 0.6 is 0 Å². The third-order valence-corrected chi connectivity index (χ3v) is 3.43. The molecule has 92 valence electrons. The van der Waals surface area contributed by atoms with Gasteiger partial charge in [-0.1, -0.05) is 25.1 Å². The van der Waals surface area contributed by atoms with Gasteiger partial charge < -0.3 is 9.64 Å². The van der Waals surface area contributed by atoms with Crippen molar-refractivity contribution in [2.75, 3.05) is 20.1 Å². The number of piperidine rings is 1. The zero-order valence-corrected chi connectivity index (χ0v) is 10.5. The van der Waals surface area contributed by atoms with Gasteiger partial charge in [0, 0.05) is 12.3 Å². The van der Waals surface area contributed by atoms with E-state index in [4.69, 9.17) is 4.74 Å². The third-order valence-electron chi connectivity index (χ3n) is 3.43. The van der Waals surface area contributed by atoms with Crippen molar-refractivity contribution in [3.8, 4) is 0 Å². The maximum Gasteiger partial charge on any atom is 0.338 e. The van der Waals surface area contributed by atoms with Gasteiger partial charge in [0.05, 0.1) is 25.7 Å². The molecule has 1 aliphatic rings. The fraction of sp³-hybridized carbons (Fsp3) is 0.500. The van der Waals surface area contributed by atoms with E-state index >= 15 is 0 Å². The number of nitrogens with one attached hydrogen (secondary N) is 1. The van der Waals surface area contributed by atoms with Crippen LogP contribution in [0.15, 0.2) is 30.3 Å². The van der Waals surface area contributed by atoms with Crippen molar-refractivity contribution in [2.45, 2.75) is 19.4 Å². The molecule has 1 unspecified atom stereocenters. The maximum absolute atomic E-state index is 11.9. The zero-order chi connectivity index (χ0) is 12.3. The van der Waals surface area contributed by atoms with Crippen LogP contribution in [0.3, 0.4) is 0 Å². The first kappa shape index (κ1) is 12.1. The Hall–Kier alpha value is -1.35. The SMILES string of the molecule is C[C@H]1C[NH+](C)CC[C@@H]1OC(=O)c1ccccc1. The summed E-state index contributed by atoms with van der Waals surface area (Å²) in [4.78, 5) is 13.4. The number of carbonyl (C=O) groups excluding carboxylic acids is 1. The lowest BCUT2D eigenvalue weighted by molar-refractivity contribution is -0.889. The number of benzene rings is 1. The topological polar surface area (TPSA) is 30.7 Å². The molecule has 1 aliphatic heterocycles. The number of carbonyl (C=O) groups is 1. The molecule has 1 aromatic carbocycles. The van der Waals surface area contributed by atoms with Crippen molar-refractivity contribution >= 4 is 5.97 Å². The Bertz CT molecular complexity index is 377. The third kappa shape index (κ3) is 3.07. The van der Waals surface area contributed by atoms with Gasteiger partial charge in [-0.2, -0.15) is 0 Å². The van der Waals surface area contributed by atoms with Gasteiger partial charge >= 0.3 is 5.97 Å². The summed E-state index contributed by atoms with van der Waals surface area (Å²) in [5.41, 5.74) is 0.644. The normalized spacial score (nSPS) is 28.7. The first-order chi connectivity index (χ1) is 8.16. The minimum Gasteiger partial charge on any atom is -0.458 e. The van der Waals surface area contributed by atoms with E-state index in [1.54, 1.807) is 12.1 Å². The lowest BCUT2D eigenvalue weighted by atomic mass is 9.97. The second kappa shape index (κ2) is 5.32. The zero-order valence-electron chi connectivity index (χ0n) is 10.5. The van der Waals surface area contributed by atoms with Crippen molar-refractivity contribution in [1.29, 1.82) is 0 Å². The Kier molecular flexibility index (Phi) is 3.79. The van der Waals surface area contributed by atoms with Crippen LogP contribution in [-0.2, 0) is 4.74 Å². The number of ether oxygens (including phenoxy) is 1. The largest absolute Gasteiger partial charge is 0.458 e. The molecule has 0 saturated carbocycles. The predicted octanol–water partition coefficient (Wildman–Crippen LogP) is 0.767. The highest BCUT2D eigenvalue weighted by Crippen LogP contribution is 2.14. The Labute approximate surface area is 102 Å². The molecule has 1 fully saturated rings. The molecule has 17 heavy (non-hydrogen) atoms. The number of likely N-dealkylation sites (tertiary alicyclic amines) is 1. The molecule has 1 heterocycles. The Morgan fingerprint density at radius 2 is 2.06 bits per heavy atom. The summed E-state index contributed by atoms with van der Waals surface area (Å²) < 4.78 is 5.59. The first-order valence-electron chi connectivity index (χ1n) is 6.24. The van der Waals surface area contributed by atoms with Crippen LogP contribution in [-0.4, -0.2) is 32.2 Å². The van der Waals surface area contributed by atoms with E-state index in [1.165, 1.54) is 4.90 Å². The van der Waals surface area contributed by atoms with Crippen LogP contribution in [0.25, 0.3) is 0 Å². The molecule has 0 bridgehead atoms. The Balaban J connectivity index is 1.95.